The number of aromatic nitrogens is 1. The molecule has 5 nitrogen and oxygen atoms in total. The van der Waals surface area contributed by atoms with Crippen LogP contribution < -0.4 is 4.90 Å². The number of hydrogen-bond donors (Lipinski definition) is 2. The first-order chi connectivity index (χ1) is 10.0. The van der Waals surface area contributed by atoms with Gasteiger partial charge in [0, 0.05) is 19.0 Å². The molecule has 1 aliphatic carbocycles. The highest BCUT2D eigenvalue weighted by Gasteiger charge is 2.28. The van der Waals surface area contributed by atoms with E-state index in [2.05, 4.69) is 4.98 Å². The molecule has 0 radical (unpaired) electrons. The van der Waals surface area contributed by atoms with Crippen LogP contribution >= 0.6 is 0 Å². The Morgan fingerprint density at radius 2 is 2.10 bits per heavy atom. The third-order valence-electron chi connectivity index (χ3n) is 4.04. The van der Waals surface area contributed by atoms with E-state index < -0.39 is 5.97 Å². The Bertz CT molecular complexity index is 680. The van der Waals surface area contributed by atoms with Gasteiger partial charge in [-0.25, -0.2) is 9.78 Å². The molecule has 110 valence electrons. The van der Waals surface area contributed by atoms with Crippen molar-refractivity contribution in [3.63, 3.8) is 0 Å². The Hall–Kier alpha value is -2.14. The van der Waals surface area contributed by atoms with Gasteiger partial charge in [0.05, 0.1) is 6.10 Å². The van der Waals surface area contributed by atoms with Crippen LogP contribution in [0.25, 0.3) is 10.8 Å². The van der Waals surface area contributed by atoms with Gasteiger partial charge in [-0.05, 0) is 30.2 Å². The zero-order chi connectivity index (χ0) is 15.0. The molecule has 1 fully saturated rings. The zero-order valence-corrected chi connectivity index (χ0v) is 11.9. The van der Waals surface area contributed by atoms with Gasteiger partial charge in [0.15, 0.2) is 5.69 Å². The number of hydrogen-bond acceptors (Lipinski definition) is 4. The fourth-order valence-electron chi connectivity index (χ4n) is 2.90. The van der Waals surface area contributed by atoms with Gasteiger partial charge in [-0.1, -0.05) is 24.3 Å². The molecule has 21 heavy (non-hydrogen) atoms. The van der Waals surface area contributed by atoms with E-state index in [-0.39, 0.29) is 11.8 Å². The lowest BCUT2D eigenvalue weighted by Crippen LogP contribution is -2.37. The Labute approximate surface area is 122 Å². The van der Waals surface area contributed by atoms with Crippen LogP contribution in [0.5, 0.6) is 0 Å². The summed E-state index contributed by atoms with van der Waals surface area (Å²) in [4.78, 5) is 17.5. The van der Waals surface area contributed by atoms with Crippen molar-refractivity contribution in [2.45, 2.75) is 18.9 Å². The number of pyridine rings is 1. The molecule has 2 aromatic rings. The molecule has 3 rings (SSSR count). The van der Waals surface area contributed by atoms with Gasteiger partial charge >= 0.3 is 5.97 Å². The molecule has 1 aliphatic rings. The van der Waals surface area contributed by atoms with E-state index in [0.717, 1.165) is 30.2 Å². The highest BCUT2D eigenvalue weighted by molar-refractivity contribution is 5.97. The minimum absolute atomic E-state index is 0.0594. The van der Waals surface area contributed by atoms with Crippen LogP contribution in [-0.4, -0.2) is 40.9 Å². The van der Waals surface area contributed by atoms with Gasteiger partial charge in [-0.15, -0.1) is 0 Å². The topological polar surface area (TPSA) is 73.7 Å². The van der Waals surface area contributed by atoms with Crippen molar-refractivity contribution >= 4 is 22.6 Å². The first-order valence-electron chi connectivity index (χ1n) is 7.07. The Morgan fingerprint density at radius 3 is 2.76 bits per heavy atom. The molecule has 5 heteroatoms. The van der Waals surface area contributed by atoms with Crippen LogP contribution in [0.4, 0.5) is 5.82 Å². The van der Waals surface area contributed by atoms with Gasteiger partial charge in [0.2, 0.25) is 0 Å². The summed E-state index contributed by atoms with van der Waals surface area (Å²) in [5.41, 5.74) is 0.0594. The van der Waals surface area contributed by atoms with Crippen molar-refractivity contribution in [2.75, 3.05) is 18.5 Å². The lowest BCUT2D eigenvalue weighted by Gasteiger charge is -2.35. The number of aliphatic hydroxyl groups excluding tert-OH is 1. The predicted octanol–water partition coefficient (Wildman–Crippen LogP) is 2.14. The number of fused-ring (bicyclic) bond motifs is 1. The van der Waals surface area contributed by atoms with E-state index in [9.17, 15) is 15.0 Å². The van der Waals surface area contributed by atoms with Gasteiger partial charge in [0.1, 0.15) is 5.82 Å². The highest BCUT2D eigenvalue weighted by Crippen LogP contribution is 2.31. The average Bonchev–Trinajstić information content (AvgIpc) is 2.44. The number of nitrogens with zero attached hydrogens (tertiary/aromatic N) is 2. The minimum atomic E-state index is -1.02. The third kappa shape index (κ3) is 2.69. The summed E-state index contributed by atoms with van der Waals surface area (Å²) in [6.07, 6.45) is 1.43. The fourth-order valence-corrected chi connectivity index (χ4v) is 2.90. The average molecular weight is 286 g/mol. The van der Waals surface area contributed by atoms with Crippen molar-refractivity contribution < 1.29 is 15.0 Å². The summed E-state index contributed by atoms with van der Waals surface area (Å²) >= 11 is 0. The second-order valence-electron chi connectivity index (χ2n) is 5.73. The number of aromatic carboxylic acids is 1. The summed E-state index contributed by atoms with van der Waals surface area (Å²) in [5.74, 6) is 0.111. The molecular weight excluding hydrogens is 268 g/mol. The Kier molecular flexibility index (Phi) is 3.51. The molecule has 0 aliphatic heterocycles. The quantitative estimate of drug-likeness (QED) is 0.900. The fraction of sp³-hybridized carbons (Fsp3) is 0.375. The highest BCUT2D eigenvalue weighted by atomic mass is 16.4. The normalized spacial score (nSPS) is 21.0. The van der Waals surface area contributed by atoms with E-state index in [0.29, 0.717) is 11.7 Å². The van der Waals surface area contributed by atoms with Gasteiger partial charge in [-0.2, -0.15) is 0 Å². The Balaban J connectivity index is 1.97. The van der Waals surface area contributed by atoms with E-state index in [1.165, 1.54) is 0 Å². The van der Waals surface area contributed by atoms with Gasteiger partial charge in [0.25, 0.3) is 0 Å². The number of benzene rings is 1. The number of carboxylic acid groups (broad SMARTS) is 1. The molecule has 0 saturated heterocycles. The first-order valence-corrected chi connectivity index (χ1v) is 7.07. The van der Waals surface area contributed by atoms with Gasteiger partial charge in [-0.3, -0.25) is 0 Å². The van der Waals surface area contributed by atoms with Crippen LogP contribution in [0.3, 0.4) is 0 Å². The predicted molar refractivity (Wildman–Crippen MR) is 80.7 cm³/mol. The van der Waals surface area contributed by atoms with Crippen molar-refractivity contribution in [2.24, 2.45) is 5.92 Å². The number of anilines is 1. The molecule has 2 N–H and O–H groups in total. The molecule has 1 aromatic carbocycles. The van der Waals surface area contributed by atoms with Crippen LogP contribution in [0.1, 0.15) is 23.3 Å². The molecule has 0 amide bonds. The molecule has 0 unspecified atom stereocenters. The third-order valence-corrected chi connectivity index (χ3v) is 4.04. The lowest BCUT2D eigenvalue weighted by atomic mass is 9.82. The first kappa shape index (κ1) is 13.8. The maximum absolute atomic E-state index is 11.2. The smallest absolute Gasteiger partial charge is 0.354 e. The van der Waals surface area contributed by atoms with Crippen molar-refractivity contribution in [1.82, 2.24) is 4.98 Å². The number of carbonyl (C=O) groups is 1. The maximum atomic E-state index is 11.2. The Morgan fingerprint density at radius 1 is 1.38 bits per heavy atom. The van der Waals surface area contributed by atoms with Crippen LogP contribution in [-0.2, 0) is 0 Å². The van der Waals surface area contributed by atoms with E-state index in [1.807, 2.05) is 36.2 Å². The van der Waals surface area contributed by atoms with Crippen molar-refractivity contribution in [3.8, 4) is 0 Å². The van der Waals surface area contributed by atoms with E-state index in [1.54, 1.807) is 6.07 Å². The minimum Gasteiger partial charge on any atom is -0.477 e. The van der Waals surface area contributed by atoms with Gasteiger partial charge < -0.3 is 15.1 Å². The van der Waals surface area contributed by atoms with Crippen molar-refractivity contribution in [1.29, 1.82) is 0 Å². The largest absolute Gasteiger partial charge is 0.477 e. The molecule has 1 heterocycles. The number of carboxylic acids is 1. The number of rotatable bonds is 4. The summed E-state index contributed by atoms with van der Waals surface area (Å²) in [6, 6.07) is 9.26. The standard InChI is InChI=1S/C16H18N2O3/c1-18(9-10-6-12(19)7-10)15-13-5-3-2-4-11(13)8-14(17-15)16(20)21/h2-5,8,10,12,19H,6-7,9H2,1H3,(H,20,21). The molecule has 0 atom stereocenters. The molecule has 1 aromatic heterocycles. The molecule has 0 spiro atoms. The SMILES string of the molecule is CN(CC1CC(O)C1)c1nc(C(=O)O)cc2ccccc12. The second kappa shape index (κ2) is 5.33. The summed E-state index contributed by atoms with van der Waals surface area (Å²) in [6.45, 7) is 0.775. The van der Waals surface area contributed by atoms with Crippen molar-refractivity contribution in [3.05, 3.63) is 36.0 Å². The number of aliphatic hydroxyl groups is 1. The summed E-state index contributed by atoms with van der Waals surface area (Å²) < 4.78 is 0. The molecular formula is C16H18N2O3. The molecule has 1 saturated carbocycles. The van der Waals surface area contributed by atoms with Crippen LogP contribution in [0, 0.1) is 5.92 Å². The summed E-state index contributed by atoms with van der Waals surface area (Å²) in [5, 5.41) is 20.4. The monoisotopic (exact) mass is 286 g/mol. The lowest BCUT2D eigenvalue weighted by molar-refractivity contribution is 0.0464. The summed E-state index contributed by atoms with van der Waals surface area (Å²) in [7, 11) is 1.92. The van der Waals surface area contributed by atoms with Crippen LogP contribution in [0.15, 0.2) is 30.3 Å². The van der Waals surface area contributed by atoms with E-state index in [4.69, 9.17) is 0 Å². The zero-order valence-electron chi connectivity index (χ0n) is 11.9. The van der Waals surface area contributed by atoms with Crippen LogP contribution in [0.2, 0.25) is 0 Å². The van der Waals surface area contributed by atoms with E-state index >= 15 is 0 Å². The second-order valence-corrected chi connectivity index (χ2v) is 5.73. The molecule has 0 bridgehead atoms. The maximum Gasteiger partial charge on any atom is 0.354 e.